The van der Waals surface area contributed by atoms with E-state index in [1.54, 1.807) is 0 Å². The molecular weight excluding hydrogens is 195 g/mol. The lowest BCUT2D eigenvalue weighted by Crippen LogP contribution is -1.81. The zero-order chi connectivity index (χ0) is 9.45. The Hall–Kier alpha value is 0.500. The second-order valence-corrected chi connectivity index (χ2v) is 6.59. The highest BCUT2D eigenvalue weighted by atomic mass is 32.7. The molecule has 0 aromatic rings. The average Bonchev–Trinajstić information content (AvgIpc) is 1.94. The first-order chi connectivity index (χ1) is 5.56. The molecule has 0 saturated heterocycles. The molecule has 0 saturated carbocycles. The summed E-state index contributed by atoms with van der Waals surface area (Å²) in [6.07, 6.45) is 5.60. The molecule has 3 nitrogen and oxygen atoms in total. The summed E-state index contributed by atoms with van der Waals surface area (Å²) in [5, 5.41) is 0. The van der Waals surface area contributed by atoms with E-state index in [9.17, 15) is 4.57 Å². The van der Waals surface area contributed by atoms with E-state index >= 15 is 0 Å². The fraction of sp³-hybridized carbons (Fsp3) is 1.00. The highest BCUT2D eigenvalue weighted by molar-refractivity contribution is 8.54. The highest BCUT2D eigenvalue weighted by Gasteiger charge is 2.11. The van der Waals surface area contributed by atoms with E-state index in [-0.39, 0.29) is 0 Å². The van der Waals surface area contributed by atoms with Crippen molar-refractivity contribution >= 4 is 18.2 Å². The van der Waals surface area contributed by atoms with E-state index < -0.39 is 6.80 Å². The van der Waals surface area contributed by atoms with Gasteiger partial charge in [-0.2, -0.15) is 0 Å². The van der Waals surface area contributed by atoms with Gasteiger partial charge < -0.3 is 9.79 Å². The third kappa shape index (κ3) is 10.5. The van der Waals surface area contributed by atoms with Crippen LogP contribution in [-0.4, -0.2) is 15.5 Å². The first kappa shape index (κ1) is 12.5. The minimum absolute atomic E-state index is 0.577. The Morgan fingerprint density at radius 3 is 2.25 bits per heavy atom. The largest absolute Gasteiger partial charge is 0.383 e. The second kappa shape index (κ2) is 6.96. The molecule has 0 amide bonds. The Kier molecular flexibility index (Phi) is 7.25. The molecule has 0 heterocycles. The van der Waals surface area contributed by atoms with Crippen LogP contribution in [0.5, 0.6) is 0 Å². The molecule has 0 spiro atoms. The highest BCUT2D eigenvalue weighted by Crippen LogP contribution is 2.50. The van der Waals surface area contributed by atoms with E-state index in [0.29, 0.717) is 5.75 Å². The minimum Gasteiger partial charge on any atom is -0.317 e. The molecule has 74 valence electrons. The molecule has 0 radical (unpaired) electrons. The molecule has 0 aromatic heterocycles. The van der Waals surface area contributed by atoms with Crippen molar-refractivity contribution in [2.75, 3.05) is 5.75 Å². The molecule has 0 aliphatic heterocycles. The van der Waals surface area contributed by atoms with Gasteiger partial charge in [-0.15, -0.1) is 0 Å². The van der Waals surface area contributed by atoms with Gasteiger partial charge in [0, 0.05) is 5.75 Å². The van der Waals surface area contributed by atoms with Crippen molar-refractivity contribution in [1.82, 2.24) is 0 Å². The van der Waals surface area contributed by atoms with Crippen molar-refractivity contribution in [3.8, 4) is 0 Å². The normalized spacial score (nSPS) is 11.9. The van der Waals surface area contributed by atoms with Gasteiger partial charge in [0.05, 0.1) is 0 Å². The van der Waals surface area contributed by atoms with Gasteiger partial charge in [-0.3, -0.25) is 0 Å². The maximum atomic E-state index is 10.4. The summed E-state index contributed by atoms with van der Waals surface area (Å²) in [5.41, 5.74) is 0. The summed E-state index contributed by atoms with van der Waals surface area (Å²) < 4.78 is 10.4. The van der Waals surface area contributed by atoms with Gasteiger partial charge in [0.1, 0.15) is 0 Å². The molecule has 0 aromatic carbocycles. The lowest BCUT2D eigenvalue weighted by atomic mass is 10.2. The van der Waals surface area contributed by atoms with Crippen LogP contribution in [-0.2, 0) is 4.57 Å². The van der Waals surface area contributed by atoms with Crippen molar-refractivity contribution in [2.24, 2.45) is 0 Å². The van der Waals surface area contributed by atoms with Gasteiger partial charge in [0.15, 0.2) is 0 Å². The second-order valence-electron chi connectivity index (χ2n) is 2.74. The summed E-state index contributed by atoms with van der Waals surface area (Å²) in [4.78, 5) is 17.0. The van der Waals surface area contributed by atoms with Crippen molar-refractivity contribution < 1.29 is 14.4 Å². The van der Waals surface area contributed by atoms with E-state index in [0.717, 1.165) is 24.2 Å². The Labute approximate surface area is 77.9 Å². The quantitative estimate of drug-likeness (QED) is 0.503. The van der Waals surface area contributed by atoms with Crippen molar-refractivity contribution in [1.29, 1.82) is 0 Å². The minimum atomic E-state index is -3.80. The SMILES string of the molecule is CCCCCCCSP(=O)(O)O. The van der Waals surface area contributed by atoms with Gasteiger partial charge in [0.25, 0.3) is 0 Å². The average molecular weight is 212 g/mol. The summed E-state index contributed by atoms with van der Waals surface area (Å²) >= 11 is 0.758. The zero-order valence-corrected chi connectivity index (χ0v) is 9.11. The Morgan fingerprint density at radius 1 is 1.17 bits per heavy atom. The van der Waals surface area contributed by atoms with Gasteiger partial charge in [-0.05, 0) is 17.8 Å². The van der Waals surface area contributed by atoms with E-state index in [2.05, 4.69) is 6.92 Å². The Balaban J connectivity index is 3.06. The number of rotatable bonds is 7. The first-order valence-corrected chi connectivity index (χ1v) is 7.46. The third-order valence-corrected chi connectivity index (χ3v) is 3.87. The van der Waals surface area contributed by atoms with E-state index in [1.165, 1.54) is 19.3 Å². The monoisotopic (exact) mass is 212 g/mol. The zero-order valence-electron chi connectivity index (χ0n) is 7.40. The Bertz CT molecular complexity index is 146. The molecule has 0 aliphatic rings. The summed E-state index contributed by atoms with van der Waals surface area (Å²) in [7, 11) is 0. The molecular formula is C7H17O3PS. The topological polar surface area (TPSA) is 57.5 Å². The van der Waals surface area contributed by atoms with Crippen LogP contribution in [0.1, 0.15) is 39.0 Å². The summed E-state index contributed by atoms with van der Waals surface area (Å²) in [6.45, 7) is -1.66. The van der Waals surface area contributed by atoms with Gasteiger partial charge in [-0.25, -0.2) is 4.57 Å². The van der Waals surface area contributed by atoms with Gasteiger partial charge in [0.2, 0.25) is 0 Å². The predicted molar refractivity (Wildman–Crippen MR) is 53.3 cm³/mol. The molecule has 12 heavy (non-hydrogen) atoms. The molecule has 2 N–H and O–H groups in total. The van der Waals surface area contributed by atoms with Crippen LogP contribution in [0.3, 0.4) is 0 Å². The molecule has 0 rings (SSSR count). The maximum absolute atomic E-state index is 10.4. The van der Waals surface area contributed by atoms with E-state index in [4.69, 9.17) is 9.79 Å². The van der Waals surface area contributed by atoms with E-state index in [1.807, 2.05) is 0 Å². The molecule has 0 fully saturated rings. The van der Waals surface area contributed by atoms with Crippen LogP contribution in [0, 0.1) is 0 Å². The standard InChI is InChI=1S/C7H17O3PS/c1-2-3-4-5-6-7-12-11(8,9)10/h2-7H2,1H3,(H2,8,9,10). The van der Waals surface area contributed by atoms with Crippen LogP contribution in [0.25, 0.3) is 0 Å². The van der Waals surface area contributed by atoms with Crippen molar-refractivity contribution in [3.63, 3.8) is 0 Å². The lowest BCUT2D eigenvalue weighted by molar-refractivity contribution is 0.397. The van der Waals surface area contributed by atoms with Crippen LogP contribution in [0.2, 0.25) is 0 Å². The molecule has 0 unspecified atom stereocenters. The van der Waals surface area contributed by atoms with Gasteiger partial charge in [-0.1, -0.05) is 32.6 Å². The van der Waals surface area contributed by atoms with Crippen LogP contribution in [0.15, 0.2) is 0 Å². The first-order valence-electron chi connectivity index (χ1n) is 4.26. The number of hydrogen-bond acceptors (Lipinski definition) is 2. The predicted octanol–water partition coefficient (Wildman–Crippen LogP) is 2.78. The van der Waals surface area contributed by atoms with Crippen molar-refractivity contribution in [3.05, 3.63) is 0 Å². The molecule has 0 aliphatic carbocycles. The lowest BCUT2D eigenvalue weighted by Gasteiger charge is -2.02. The summed E-state index contributed by atoms with van der Waals surface area (Å²) in [6, 6.07) is 0. The van der Waals surface area contributed by atoms with Crippen LogP contribution < -0.4 is 0 Å². The van der Waals surface area contributed by atoms with Crippen molar-refractivity contribution in [2.45, 2.75) is 39.0 Å². The fourth-order valence-electron chi connectivity index (χ4n) is 0.889. The van der Waals surface area contributed by atoms with Gasteiger partial charge >= 0.3 is 6.80 Å². The smallest absolute Gasteiger partial charge is 0.317 e. The van der Waals surface area contributed by atoms with Crippen LogP contribution in [0.4, 0.5) is 0 Å². The maximum Gasteiger partial charge on any atom is 0.383 e. The molecule has 0 atom stereocenters. The molecule has 5 heteroatoms. The third-order valence-electron chi connectivity index (χ3n) is 1.51. The fourth-order valence-corrected chi connectivity index (χ4v) is 2.56. The number of hydrogen-bond donors (Lipinski definition) is 2. The summed E-state index contributed by atoms with van der Waals surface area (Å²) in [5.74, 6) is 0.577. The van der Waals surface area contributed by atoms with Crippen LogP contribution >= 0.6 is 18.2 Å². The number of unbranched alkanes of at least 4 members (excludes halogenated alkanes) is 4. The molecule has 0 bridgehead atoms. The Morgan fingerprint density at radius 2 is 1.75 bits per heavy atom.